The molecule has 0 fully saturated rings. The summed E-state index contributed by atoms with van der Waals surface area (Å²) in [6, 6.07) is 10.3. The van der Waals surface area contributed by atoms with Crippen LogP contribution in [-0.4, -0.2) is 30.6 Å². The van der Waals surface area contributed by atoms with Gasteiger partial charge in [0.1, 0.15) is 0 Å². The Labute approximate surface area is 112 Å². The molecule has 0 amide bonds. The van der Waals surface area contributed by atoms with Gasteiger partial charge in [-0.05, 0) is 18.4 Å². The van der Waals surface area contributed by atoms with Crippen LogP contribution in [0.25, 0.3) is 10.9 Å². The molecule has 2 rings (SSSR count). The lowest BCUT2D eigenvalue weighted by atomic mass is 10.1. The van der Waals surface area contributed by atoms with Crippen molar-refractivity contribution in [2.45, 2.75) is 6.54 Å². The minimum Gasteiger partial charge on any atom is -0.373 e. The fourth-order valence-electron chi connectivity index (χ4n) is 1.98. The van der Waals surface area contributed by atoms with Gasteiger partial charge >= 0.3 is 0 Å². The highest BCUT2D eigenvalue weighted by atomic mass is 32.2. The molecule has 1 heterocycles. The van der Waals surface area contributed by atoms with Crippen LogP contribution in [0.1, 0.15) is 5.69 Å². The summed E-state index contributed by atoms with van der Waals surface area (Å²) >= 11 is 1.86. The molecule has 4 heteroatoms. The number of nitrogens with zero attached hydrogens (tertiary/aromatic N) is 2. The molecule has 2 aromatic rings. The van der Waals surface area contributed by atoms with E-state index in [-0.39, 0.29) is 0 Å². The third-order valence-electron chi connectivity index (χ3n) is 3.00. The average molecular weight is 261 g/mol. The van der Waals surface area contributed by atoms with Crippen LogP contribution in [0.5, 0.6) is 0 Å². The van der Waals surface area contributed by atoms with Gasteiger partial charge in [0.05, 0.1) is 11.2 Å². The van der Waals surface area contributed by atoms with Gasteiger partial charge in [-0.3, -0.25) is 4.98 Å². The number of thioether (sulfide) groups is 1. The van der Waals surface area contributed by atoms with Crippen LogP contribution in [-0.2, 0) is 6.54 Å². The number of nitrogens with two attached hydrogens (primary N) is 1. The zero-order valence-corrected chi connectivity index (χ0v) is 11.7. The Morgan fingerprint density at radius 2 is 2.11 bits per heavy atom. The fraction of sp³-hybridized carbons (Fsp3) is 0.357. The van der Waals surface area contributed by atoms with Gasteiger partial charge in [-0.25, -0.2) is 0 Å². The van der Waals surface area contributed by atoms with Crippen molar-refractivity contribution in [2.24, 2.45) is 5.73 Å². The zero-order valence-electron chi connectivity index (χ0n) is 10.9. The van der Waals surface area contributed by atoms with E-state index in [4.69, 9.17) is 5.73 Å². The first kappa shape index (κ1) is 13.2. The Morgan fingerprint density at radius 3 is 2.83 bits per heavy atom. The van der Waals surface area contributed by atoms with Gasteiger partial charge in [-0.2, -0.15) is 11.8 Å². The molecule has 0 unspecified atom stereocenters. The van der Waals surface area contributed by atoms with Crippen molar-refractivity contribution < 1.29 is 0 Å². The Balaban J connectivity index is 2.46. The van der Waals surface area contributed by atoms with Gasteiger partial charge in [-0.15, -0.1) is 0 Å². The molecule has 0 aliphatic rings. The van der Waals surface area contributed by atoms with Crippen LogP contribution in [0.15, 0.2) is 30.3 Å². The van der Waals surface area contributed by atoms with E-state index < -0.39 is 0 Å². The van der Waals surface area contributed by atoms with Crippen LogP contribution < -0.4 is 10.6 Å². The Bertz CT molecular complexity index is 527. The summed E-state index contributed by atoms with van der Waals surface area (Å²) in [5, 5.41) is 1.19. The van der Waals surface area contributed by atoms with Crippen molar-refractivity contribution in [3.05, 3.63) is 36.0 Å². The Kier molecular flexibility index (Phi) is 4.44. The predicted octanol–water partition coefficient (Wildman–Crippen LogP) is 2.49. The van der Waals surface area contributed by atoms with Gasteiger partial charge in [-0.1, -0.05) is 18.2 Å². The van der Waals surface area contributed by atoms with E-state index in [2.05, 4.69) is 41.4 Å². The van der Waals surface area contributed by atoms with E-state index in [0.717, 1.165) is 23.5 Å². The molecule has 1 aromatic carbocycles. The number of fused-ring (bicyclic) bond motifs is 1. The number of hydrogen-bond donors (Lipinski definition) is 1. The van der Waals surface area contributed by atoms with Crippen molar-refractivity contribution >= 4 is 28.4 Å². The number of pyridine rings is 1. The van der Waals surface area contributed by atoms with Crippen LogP contribution in [0.2, 0.25) is 0 Å². The van der Waals surface area contributed by atoms with Crippen LogP contribution >= 0.6 is 11.8 Å². The second kappa shape index (κ2) is 6.07. The molecule has 0 spiro atoms. The van der Waals surface area contributed by atoms with Gasteiger partial charge in [0.15, 0.2) is 0 Å². The maximum absolute atomic E-state index is 5.72. The Hall–Kier alpha value is -1.26. The van der Waals surface area contributed by atoms with Crippen molar-refractivity contribution in [3.8, 4) is 0 Å². The number of hydrogen-bond acceptors (Lipinski definition) is 4. The second-order valence-corrected chi connectivity index (χ2v) is 5.25. The number of aromatic nitrogens is 1. The molecule has 1 aromatic heterocycles. The van der Waals surface area contributed by atoms with Crippen LogP contribution in [0, 0.1) is 0 Å². The molecule has 0 aliphatic carbocycles. The smallest absolute Gasteiger partial charge is 0.0726 e. The lowest BCUT2D eigenvalue weighted by Crippen LogP contribution is -2.21. The minimum absolute atomic E-state index is 0.480. The maximum Gasteiger partial charge on any atom is 0.0726 e. The largest absolute Gasteiger partial charge is 0.373 e. The van der Waals surface area contributed by atoms with Crippen LogP contribution in [0.4, 0.5) is 5.69 Å². The first-order valence-electron chi connectivity index (χ1n) is 6.05. The number of anilines is 1. The predicted molar refractivity (Wildman–Crippen MR) is 81.3 cm³/mol. The topological polar surface area (TPSA) is 42.1 Å². The lowest BCUT2D eigenvalue weighted by Gasteiger charge is -2.21. The van der Waals surface area contributed by atoms with Gasteiger partial charge in [0.2, 0.25) is 0 Å². The van der Waals surface area contributed by atoms with E-state index in [9.17, 15) is 0 Å². The first-order chi connectivity index (χ1) is 8.76. The fourth-order valence-corrected chi connectivity index (χ4v) is 2.44. The standard InChI is InChI=1S/C14H19N3S/c1-17(7-8-18-2)14-9-11(10-15)16-13-6-4-3-5-12(13)14/h3-6,9H,7-8,10,15H2,1-2H3. The summed E-state index contributed by atoms with van der Waals surface area (Å²) < 4.78 is 0. The summed E-state index contributed by atoms with van der Waals surface area (Å²) in [5.41, 5.74) is 8.91. The molecule has 2 N–H and O–H groups in total. The highest BCUT2D eigenvalue weighted by Crippen LogP contribution is 2.26. The Morgan fingerprint density at radius 1 is 1.33 bits per heavy atom. The summed E-state index contributed by atoms with van der Waals surface area (Å²) in [5.74, 6) is 1.12. The van der Waals surface area contributed by atoms with E-state index >= 15 is 0 Å². The van der Waals surface area contributed by atoms with Gasteiger partial charge in [0, 0.05) is 37.0 Å². The molecule has 96 valence electrons. The van der Waals surface area contributed by atoms with Crippen molar-refractivity contribution in [1.29, 1.82) is 0 Å². The molecule has 3 nitrogen and oxygen atoms in total. The number of rotatable bonds is 5. The average Bonchev–Trinajstić information content (AvgIpc) is 2.43. The van der Waals surface area contributed by atoms with Gasteiger partial charge < -0.3 is 10.6 Å². The summed E-state index contributed by atoms with van der Waals surface area (Å²) in [6.07, 6.45) is 2.13. The third kappa shape index (κ3) is 2.76. The molecule has 0 atom stereocenters. The summed E-state index contributed by atoms with van der Waals surface area (Å²) in [6.45, 7) is 1.51. The van der Waals surface area contributed by atoms with E-state index in [1.807, 2.05) is 23.9 Å². The monoisotopic (exact) mass is 261 g/mol. The molecule has 0 radical (unpaired) electrons. The molecular weight excluding hydrogens is 242 g/mol. The van der Waals surface area contributed by atoms with Crippen molar-refractivity contribution in [3.63, 3.8) is 0 Å². The third-order valence-corrected chi connectivity index (χ3v) is 3.59. The van der Waals surface area contributed by atoms with Crippen LogP contribution in [0.3, 0.4) is 0 Å². The van der Waals surface area contributed by atoms with Crippen molar-refractivity contribution in [2.75, 3.05) is 30.5 Å². The van der Waals surface area contributed by atoms with E-state index in [1.165, 1.54) is 11.1 Å². The molecule has 0 saturated heterocycles. The maximum atomic E-state index is 5.72. The molecule has 0 aliphatic heterocycles. The van der Waals surface area contributed by atoms with E-state index in [1.54, 1.807) is 0 Å². The molecule has 0 saturated carbocycles. The highest BCUT2D eigenvalue weighted by molar-refractivity contribution is 7.98. The SMILES string of the molecule is CSCCN(C)c1cc(CN)nc2ccccc12. The molecular formula is C14H19N3S. The molecule has 0 bridgehead atoms. The van der Waals surface area contributed by atoms with Crippen molar-refractivity contribution in [1.82, 2.24) is 4.98 Å². The first-order valence-corrected chi connectivity index (χ1v) is 7.44. The lowest BCUT2D eigenvalue weighted by molar-refractivity contribution is 0.961. The number of benzene rings is 1. The quantitative estimate of drug-likeness (QED) is 0.898. The second-order valence-electron chi connectivity index (χ2n) is 4.27. The normalized spacial score (nSPS) is 10.8. The van der Waals surface area contributed by atoms with E-state index in [0.29, 0.717) is 6.54 Å². The van der Waals surface area contributed by atoms with Gasteiger partial charge in [0.25, 0.3) is 0 Å². The summed E-state index contributed by atoms with van der Waals surface area (Å²) in [7, 11) is 2.12. The zero-order chi connectivity index (χ0) is 13.0. The highest BCUT2D eigenvalue weighted by Gasteiger charge is 2.08. The summed E-state index contributed by atoms with van der Waals surface area (Å²) in [4.78, 5) is 6.84. The minimum atomic E-state index is 0.480. The number of para-hydroxylation sites is 1. The molecule has 18 heavy (non-hydrogen) atoms.